The number of rotatable bonds is 5. The number of fused-ring (bicyclic) bond motifs is 1. The summed E-state index contributed by atoms with van der Waals surface area (Å²) in [5, 5.41) is 6.16. The molecule has 2 heterocycles. The second-order valence-electron chi connectivity index (χ2n) is 6.69. The van der Waals surface area contributed by atoms with E-state index < -0.39 is 0 Å². The standard InChI is InChI=1S/C22H22N4O3/c1-3-15-6-4-5-14(2)21(15)26-20-12-17(23-13-24-20)22(27)25-16-7-8-18-19(11-16)29-10-9-28-18/h4-8,11-13H,3,9-10H2,1-2H3,(H,25,27)(H,23,24,26). The Morgan fingerprint density at radius 3 is 2.72 bits per heavy atom. The third-order valence-electron chi connectivity index (χ3n) is 4.69. The number of nitrogens with one attached hydrogen (secondary N) is 2. The first-order valence-corrected chi connectivity index (χ1v) is 9.52. The van der Waals surface area contributed by atoms with E-state index in [2.05, 4.69) is 33.6 Å². The largest absolute Gasteiger partial charge is 0.486 e. The van der Waals surface area contributed by atoms with E-state index >= 15 is 0 Å². The van der Waals surface area contributed by atoms with Crippen molar-refractivity contribution in [2.75, 3.05) is 23.8 Å². The Balaban J connectivity index is 1.52. The summed E-state index contributed by atoms with van der Waals surface area (Å²) in [6, 6.07) is 13.1. The third kappa shape index (κ3) is 4.13. The minimum absolute atomic E-state index is 0.268. The van der Waals surface area contributed by atoms with Gasteiger partial charge in [-0.2, -0.15) is 0 Å². The third-order valence-corrected chi connectivity index (χ3v) is 4.69. The van der Waals surface area contributed by atoms with Gasteiger partial charge in [-0.15, -0.1) is 0 Å². The van der Waals surface area contributed by atoms with Crippen LogP contribution in [-0.2, 0) is 6.42 Å². The molecule has 2 aromatic carbocycles. The van der Waals surface area contributed by atoms with Gasteiger partial charge in [-0.05, 0) is 36.6 Å². The van der Waals surface area contributed by atoms with E-state index in [1.54, 1.807) is 24.3 Å². The summed E-state index contributed by atoms with van der Waals surface area (Å²) in [6.07, 6.45) is 2.28. The zero-order valence-corrected chi connectivity index (χ0v) is 16.4. The Hall–Kier alpha value is -3.61. The van der Waals surface area contributed by atoms with Crippen molar-refractivity contribution in [1.29, 1.82) is 0 Å². The SMILES string of the molecule is CCc1cccc(C)c1Nc1cc(C(=O)Nc2ccc3c(c2)OCCO3)ncn1. The van der Waals surface area contributed by atoms with Crippen molar-refractivity contribution < 1.29 is 14.3 Å². The molecule has 0 unspecified atom stereocenters. The van der Waals surface area contributed by atoms with Gasteiger partial charge in [0.2, 0.25) is 0 Å². The number of nitrogens with zero attached hydrogens (tertiary/aromatic N) is 2. The highest BCUT2D eigenvalue weighted by Crippen LogP contribution is 2.32. The second kappa shape index (κ2) is 8.18. The Kier molecular flexibility index (Phi) is 5.29. The first-order chi connectivity index (χ1) is 14.1. The molecule has 29 heavy (non-hydrogen) atoms. The lowest BCUT2D eigenvalue weighted by Crippen LogP contribution is -2.17. The molecule has 4 rings (SSSR count). The van der Waals surface area contributed by atoms with Gasteiger partial charge in [0.1, 0.15) is 31.1 Å². The molecule has 2 N–H and O–H groups in total. The van der Waals surface area contributed by atoms with Gasteiger partial charge in [-0.3, -0.25) is 4.79 Å². The highest BCUT2D eigenvalue weighted by molar-refractivity contribution is 6.03. The van der Waals surface area contributed by atoms with Crippen molar-refractivity contribution in [1.82, 2.24) is 9.97 Å². The minimum atomic E-state index is -0.326. The highest BCUT2D eigenvalue weighted by Gasteiger charge is 2.15. The molecule has 1 amide bonds. The molecule has 0 aliphatic carbocycles. The van der Waals surface area contributed by atoms with Gasteiger partial charge >= 0.3 is 0 Å². The predicted octanol–water partition coefficient (Wildman–Crippen LogP) is 4.11. The lowest BCUT2D eigenvalue weighted by atomic mass is 10.1. The molecular formula is C22H22N4O3. The average Bonchev–Trinajstić information content (AvgIpc) is 2.75. The van der Waals surface area contributed by atoms with Crippen molar-refractivity contribution in [2.45, 2.75) is 20.3 Å². The summed E-state index contributed by atoms with van der Waals surface area (Å²) >= 11 is 0. The number of carbonyl (C=O) groups excluding carboxylic acids is 1. The lowest BCUT2D eigenvalue weighted by molar-refractivity contribution is 0.102. The number of hydrogen-bond acceptors (Lipinski definition) is 6. The van der Waals surface area contributed by atoms with Crippen LogP contribution in [0.5, 0.6) is 11.5 Å². The molecule has 1 aliphatic heterocycles. The molecule has 7 heteroatoms. The molecule has 1 aromatic heterocycles. The quantitative estimate of drug-likeness (QED) is 0.682. The van der Waals surface area contributed by atoms with Gasteiger partial charge in [0.15, 0.2) is 11.5 Å². The monoisotopic (exact) mass is 390 g/mol. The topological polar surface area (TPSA) is 85.4 Å². The van der Waals surface area contributed by atoms with Crippen LogP contribution in [0.15, 0.2) is 48.8 Å². The summed E-state index contributed by atoms with van der Waals surface area (Å²) < 4.78 is 11.1. The normalized spacial score (nSPS) is 12.3. The molecule has 3 aromatic rings. The molecule has 0 fully saturated rings. The smallest absolute Gasteiger partial charge is 0.274 e. The molecule has 0 atom stereocenters. The van der Waals surface area contributed by atoms with Crippen LogP contribution in [0.3, 0.4) is 0 Å². The van der Waals surface area contributed by atoms with E-state index in [-0.39, 0.29) is 11.6 Å². The summed E-state index contributed by atoms with van der Waals surface area (Å²) in [5.41, 5.74) is 4.19. The summed E-state index contributed by atoms with van der Waals surface area (Å²) in [7, 11) is 0. The van der Waals surface area contributed by atoms with Crippen LogP contribution in [-0.4, -0.2) is 29.1 Å². The second-order valence-corrected chi connectivity index (χ2v) is 6.69. The molecule has 0 radical (unpaired) electrons. The minimum Gasteiger partial charge on any atom is -0.486 e. The Morgan fingerprint density at radius 1 is 1.07 bits per heavy atom. The molecule has 148 valence electrons. The number of carbonyl (C=O) groups is 1. The zero-order chi connectivity index (χ0) is 20.2. The molecule has 1 aliphatic rings. The maximum Gasteiger partial charge on any atom is 0.274 e. The number of amides is 1. The van der Waals surface area contributed by atoms with E-state index in [0.29, 0.717) is 36.2 Å². The Labute approximate surface area is 169 Å². The van der Waals surface area contributed by atoms with Crippen LogP contribution in [0.1, 0.15) is 28.5 Å². The van der Waals surface area contributed by atoms with E-state index in [1.807, 2.05) is 19.1 Å². The number of anilines is 3. The number of benzene rings is 2. The van der Waals surface area contributed by atoms with E-state index in [1.165, 1.54) is 11.9 Å². The van der Waals surface area contributed by atoms with Crippen molar-refractivity contribution in [3.63, 3.8) is 0 Å². The number of aromatic nitrogens is 2. The van der Waals surface area contributed by atoms with E-state index in [9.17, 15) is 4.79 Å². The predicted molar refractivity (Wildman–Crippen MR) is 111 cm³/mol. The van der Waals surface area contributed by atoms with E-state index in [0.717, 1.165) is 17.7 Å². The number of para-hydroxylation sites is 1. The Morgan fingerprint density at radius 2 is 1.90 bits per heavy atom. The Bertz CT molecular complexity index is 1050. The first kappa shape index (κ1) is 18.7. The van der Waals surface area contributed by atoms with Gasteiger partial charge < -0.3 is 20.1 Å². The van der Waals surface area contributed by atoms with Gasteiger partial charge in [-0.25, -0.2) is 9.97 Å². The fourth-order valence-electron chi connectivity index (χ4n) is 3.20. The van der Waals surface area contributed by atoms with Crippen LogP contribution in [0.25, 0.3) is 0 Å². The average molecular weight is 390 g/mol. The van der Waals surface area contributed by atoms with Crippen LogP contribution in [0, 0.1) is 6.92 Å². The molecule has 0 saturated carbocycles. The molecule has 0 bridgehead atoms. The maximum absolute atomic E-state index is 12.7. The van der Waals surface area contributed by atoms with Crippen molar-refractivity contribution in [3.8, 4) is 11.5 Å². The van der Waals surface area contributed by atoms with Gasteiger partial charge in [0.25, 0.3) is 5.91 Å². The lowest BCUT2D eigenvalue weighted by Gasteiger charge is -2.19. The first-order valence-electron chi connectivity index (χ1n) is 9.52. The zero-order valence-electron chi connectivity index (χ0n) is 16.4. The molecule has 0 spiro atoms. The van der Waals surface area contributed by atoms with Gasteiger partial charge in [0.05, 0.1) is 0 Å². The van der Waals surface area contributed by atoms with Crippen LogP contribution in [0.4, 0.5) is 17.2 Å². The summed E-state index contributed by atoms with van der Waals surface area (Å²) in [5.74, 6) is 1.53. The molecular weight excluding hydrogens is 368 g/mol. The number of hydrogen-bond donors (Lipinski definition) is 2. The van der Waals surface area contributed by atoms with E-state index in [4.69, 9.17) is 9.47 Å². The number of aryl methyl sites for hydroxylation is 2. The summed E-state index contributed by atoms with van der Waals surface area (Å²) in [4.78, 5) is 21.0. The van der Waals surface area contributed by atoms with Crippen LogP contribution in [0.2, 0.25) is 0 Å². The summed E-state index contributed by atoms with van der Waals surface area (Å²) in [6.45, 7) is 5.16. The maximum atomic E-state index is 12.7. The number of ether oxygens (including phenoxy) is 2. The molecule has 7 nitrogen and oxygen atoms in total. The van der Waals surface area contributed by atoms with Gasteiger partial charge in [-0.1, -0.05) is 25.1 Å². The molecule has 0 saturated heterocycles. The van der Waals surface area contributed by atoms with Crippen LogP contribution < -0.4 is 20.1 Å². The van der Waals surface area contributed by atoms with Crippen LogP contribution >= 0.6 is 0 Å². The fourth-order valence-corrected chi connectivity index (χ4v) is 3.20. The van der Waals surface area contributed by atoms with Crippen molar-refractivity contribution in [2.24, 2.45) is 0 Å². The van der Waals surface area contributed by atoms with Crippen molar-refractivity contribution >= 4 is 23.1 Å². The highest BCUT2D eigenvalue weighted by atomic mass is 16.6. The fraction of sp³-hybridized carbons (Fsp3) is 0.227. The van der Waals surface area contributed by atoms with Gasteiger partial charge in [0, 0.05) is 23.5 Å². The van der Waals surface area contributed by atoms with Crippen molar-refractivity contribution in [3.05, 3.63) is 65.6 Å².